The SMILES string of the molecule is CCC(C)c1ccccc1OCCNc1cccc(C)c1. The zero-order valence-corrected chi connectivity index (χ0v) is 13.2. The number of nitrogens with one attached hydrogen (secondary N) is 1. The Balaban J connectivity index is 1.86. The van der Waals surface area contributed by atoms with Crippen LogP contribution in [0, 0.1) is 6.92 Å². The smallest absolute Gasteiger partial charge is 0.122 e. The average Bonchev–Trinajstić information content (AvgIpc) is 2.51. The summed E-state index contributed by atoms with van der Waals surface area (Å²) >= 11 is 0. The number of hydrogen-bond donors (Lipinski definition) is 1. The van der Waals surface area contributed by atoms with Gasteiger partial charge in [0.1, 0.15) is 12.4 Å². The van der Waals surface area contributed by atoms with Crippen LogP contribution in [0.1, 0.15) is 37.3 Å². The van der Waals surface area contributed by atoms with Crippen LogP contribution in [0.2, 0.25) is 0 Å². The van der Waals surface area contributed by atoms with Crippen molar-refractivity contribution in [2.45, 2.75) is 33.1 Å². The number of hydrogen-bond acceptors (Lipinski definition) is 2. The number of rotatable bonds is 7. The minimum Gasteiger partial charge on any atom is -0.491 e. The van der Waals surface area contributed by atoms with Crippen LogP contribution in [0.5, 0.6) is 5.75 Å². The highest BCUT2D eigenvalue weighted by Gasteiger charge is 2.08. The quantitative estimate of drug-likeness (QED) is 0.722. The second kappa shape index (κ2) is 7.72. The van der Waals surface area contributed by atoms with E-state index < -0.39 is 0 Å². The van der Waals surface area contributed by atoms with Gasteiger partial charge in [0.25, 0.3) is 0 Å². The van der Waals surface area contributed by atoms with Gasteiger partial charge in [-0.2, -0.15) is 0 Å². The van der Waals surface area contributed by atoms with Gasteiger partial charge in [-0.25, -0.2) is 0 Å². The molecule has 0 saturated carbocycles. The summed E-state index contributed by atoms with van der Waals surface area (Å²) in [7, 11) is 0. The summed E-state index contributed by atoms with van der Waals surface area (Å²) in [4.78, 5) is 0. The topological polar surface area (TPSA) is 21.3 Å². The summed E-state index contributed by atoms with van der Waals surface area (Å²) < 4.78 is 5.95. The molecule has 2 heteroatoms. The first-order chi connectivity index (χ1) is 10.2. The van der Waals surface area contributed by atoms with E-state index in [1.807, 2.05) is 6.07 Å². The lowest BCUT2D eigenvalue weighted by molar-refractivity contribution is 0.327. The van der Waals surface area contributed by atoms with E-state index in [9.17, 15) is 0 Å². The van der Waals surface area contributed by atoms with Gasteiger partial charge in [-0.05, 0) is 48.6 Å². The maximum atomic E-state index is 5.95. The van der Waals surface area contributed by atoms with E-state index >= 15 is 0 Å². The summed E-state index contributed by atoms with van der Waals surface area (Å²) in [5.74, 6) is 1.55. The van der Waals surface area contributed by atoms with Crippen molar-refractivity contribution < 1.29 is 4.74 Å². The number of anilines is 1. The predicted molar refractivity (Wildman–Crippen MR) is 90.3 cm³/mol. The van der Waals surface area contributed by atoms with Gasteiger partial charge >= 0.3 is 0 Å². The van der Waals surface area contributed by atoms with E-state index in [2.05, 4.69) is 68.6 Å². The average molecular weight is 283 g/mol. The molecular weight excluding hydrogens is 258 g/mol. The number of ether oxygens (including phenoxy) is 1. The lowest BCUT2D eigenvalue weighted by Crippen LogP contribution is -2.12. The number of aryl methyl sites for hydroxylation is 1. The van der Waals surface area contributed by atoms with Gasteiger partial charge < -0.3 is 10.1 Å². The Morgan fingerprint density at radius 1 is 1.10 bits per heavy atom. The first-order valence-corrected chi connectivity index (χ1v) is 7.73. The Bertz CT molecular complexity index is 565. The van der Waals surface area contributed by atoms with Gasteiger partial charge in [-0.3, -0.25) is 0 Å². The zero-order chi connectivity index (χ0) is 15.1. The molecule has 1 N–H and O–H groups in total. The lowest BCUT2D eigenvalue weighted by Gasteiger charge is -2.16. The third kappa shape index (κ3) is 4.52. The maximum Gasteiger partial charge on any atom is 0.122 e. The van der Waals surface area contributed by atoms with Crippen molar-refractivity contribution >= 4 is 5.69 Å². The molecule has 0 amide bonds. The van der Waals surface area contributed by atoms with E-state index in [4.69, 9.17) is 4.74 Å². The lowest BCUT2D eigenvalue weighted by atomic mass is 9.98. The summed E-state index contributed by atoms with van der Waals surface area (Å²) in [6.07, 6.45) is 1.13. The van der Waals surface area contributed by atoms with E-state index in [0.717, 1.165) is 24.4 Å². The molecule has 0 saturated heterocycles. The Morgan fingerprint density at radius 3 is 2.67 bits per heavy atom. The van der Waals surface area contributed by atoms with Crippen LogP contribution >= 0.6 is 0 Å². The molecule has 21 heavy (non-hydrogen) atoms. The summed E-state index contributed by atoms with van der Waals surface area (Å²) in [5, 5.41) is 3.39. The monoisotopic (exact) mass is 283 g/mol. The summed E-state index contributed by atoms with van der Waals surface area (Å²) in [6, 6.07) is 16.7. The van der Waals surface area contributed by atoms with Crippen molar-refractivity contribution in [3.05, 3.63) is 59.7 Å². The fourth-order valence-corrected chi connectivity index (χ4v) is 2.35. The van der Waals surface area contributed by atoms with E-state index in [1.165, 1.54) is 11.1 Å². The number of para-hydroxylation sites is 1. The molecule has 0 fully saturated rings. The Kier molecular flexibility index (Phi) is 5.68. The maximum absolute atomic E-state index is 5.95. The largest absolute Gasteiger partial charge is 0.491 e. The van der Waals surface area contributed by atoms with Crippen LogP contribution in [0.3, 0.4) is 0 Å². The third-order valence-electron chi connectivity index (χ3n) is 3.77. The highest BCUT2D eigenvalue weighted by molar-refractivity contribution is 5.45. The van der Waals surface area contributed by atoms with Crippen LogP contribution in [0.4, 0.5) is 5.69 Å². The second-order valence-electron chi connectivity index (χ2n) is 5.49. The van der Waals surface area contributed by atoms with Gasteiger partial charge in [0.2, 0.25) is 0 Å². The van der Waals surface area contributed by atoms with Crippen molar-refractivity contribution in [3.63, 3.8) is 0 Å². The van der Waals surface area contributed by atoms with E-state index in [-0.39, 0.29) is 0 Å². The summed E-state index contributed by atoms with van der Waals surface area (Å²) in [6.45, 7) is 8.03. The first kappa shape index (κ1) is 15.4. The fourth-order valence-electron chi connectivity index (χ4n) is 2.35. The van der Waals surface area contributed by atoms with Crippen LogP contribution in [-0.2, 0) is 0 Å². The Hall–Kier alpha value is -1.96. The van der Waals surface area contributed by atoms with Crippen molar-refractivity contribution in [2.24, 2.45) is 0 Å². The number of benzene rings is 2. The molecule has 0 aliphatic heterocycles. The molecule has 112 valence electrons. The fraction of sp³-hybridized carbons (Fsp3) is 0.368. The van der Waals surface area contributed by atoms with Crippen LogP contribution in [0.25, 0.3) is 0 Å². The first-order valence-electron chi connectivity index (χ1n) is 7.73. The van der Waals surface area contributed by atoms with Gasteiger partial charge in [0.15, 0.2) is 0 Å². The third-order valence-corrected chi connectivity index (χ3v) is 3.77. The normalized spacial score (nSPS) is 12.0. The van der Waals surface area contributed by atoms with Crippen molar-refractivity contribution in [2.75, 3.05) is 18.5 Å². The standard InChI is InChI=1S/C19H25NO/c1-4-16(3)18-10-5-6-11-19(18)21-13-12-20-17-9-7-8-15(2)14-17/h5-11,14,16,20H,4,12-13H2,1-3H3. The molecule has 0 aliphatic rings. The van der Waals surface area contributed by atoms with Gasteiger partial charge in [0, 0.05) is 12.2 Å². The molecule has 2 rings (SSSR count). The molecule has 2 nitrogen and oxygen atoms in total. The molecule has 0 radical (unpaired) electrons. The zero-order valence-electron chi connectivity index (χ0n) is 13.2. The molecular formula is C19H25NO. The van der Waals surface area contributed by atoms with Crippen LogP contribution < -0.4 is 10.1 Å². The van der Waals surface area contributed by atoms with Crippen molar-refractivity contribution in [1.29, 1.82) is 0 Å². The molecule has 0 aliphatic carbocycles. The highest BCUT2D eigenvalue weighted by atomic mass is 16.5. The Labute approximate surface area is 128 Å². The minimum atomic E-state index is 0.533. The predicted octanol–water partition coefficient (Wildman–Crippen LogP) is 5.00. The van der Waals surface area contributed by atoms with Crippen LogP contribution in [-0.4, -0.2) is 13.2 Å². The van der Waals surface area contributed by atoms with E-state index in [1.54, 1.807) is 0 Å². The molecule has 2 aromatic rings. The molecule has 2 aromatic carbocycles. The summed E-state index contributed by atoms with van der Waals surface area (Å²) in [5.41, 5.74) is 3.72. The minimum absolute atomic E-state index is 0.533. The molecule has 0 aromatic heterocycles. The molecule has 0 heterocycles. The molecule has 1 unspecified atom stereocenters. The molecule has 1 atom stereocenters. The second-order valence-corrected chi connectivity index (χ2v) is 5.49. The van der Waals surface area contributed by atoms with Crippen LogP contribution in [0.15, 0.2) is 48.5 Å². The van der Waals surface area contributed by atoms with Gasteiger partial charge in [0.05, 0.1) is 0 Å². The molecule has 0 bridgehead atoms. The molecule has 0 spiro atoms. The van der Waals surface area contributed by atoms with Gasteiger partial charge in [-0.1, -0.05) is 44.2 Å². The van der Waals surface area contributed by atoms with Crippen molar-refractivity contribution in [3.8, 4) is 5.75 Å². The Morgan fingerprint density at radius 2 is 1.90 bits per heavy atom. The van der Waals surface area contributed by atoms with Crippen molar-refractivity contribution in [1.82, 2.24) is 0 Å². The highest BCUT2D eigenvalue weighted by Crippen LogP contribution is 2.28. The van der Waals surface area contributed by atoms with E-state index in [0.29, 0.717) is 12.5 Å². The van der Waals surface area contributed by atoms with Gasteiger partial charge in [-0.15, -0.1) is 0 Å².